The quantitative estimate of drug-likeness (QED) is 0.830. The second-order valence-electron chi connectivity index (χ2n) is 5.38. The number of amides is 1. The van der Waals surface area contributed by atoms with Crippen LogP contribution in [0.5, 0.6) is 0 Å². The van der Waals surface area contributed by atoms with E-state index in [2.05, 4.69) is 6.07 Å². The van der Waals surface area contributed by atoms with Crippen molar-refractivity contribution in [3.05, 3.63) is 65.2 Å². The summed E-state index contributed by atoms with van der Waals surface area (Å²) in [4.78, 5) is 14.2. The van der Waals surface area contributed by atoms with E-state index in [-0.39, 0.29) is 6.09 Å². The van der Waals surface area contributed by atoms with Crippen LogP contribution in [0.15, 0.2) is 48.5 Å². The number of fused-ring (bicyclic) bond motifs is 1. The van der Waals surface area contributed by atoms with Gasteiger partial charge in [-0.1, -0.05) is 48.5 Å². The lowest BCUT2D eigenvalue weighted by molar-refractivity contribution is 0.146. The van der Waals surface area contributed by atoms with Crippen molar-refractivity contribution in [1.29, 1.82) is 0 Å². The summed E-state index contributed by atoms with van der Waals surface area (Å²) in [5, 5.41) is 0. The van der Waals surface area contributed by atoms with Gasteiger partial charge in [-0.2, -0.15) is 0 Å². The molecule has 108 valence electrons. The molecule has 0 unspecified atom stereocenters. The summed E-state index contributed by atoms with van der Waals surface area (Å²) < 4.78 is 5.47. The van der Waals surface area contributed by atoms with Crippen LogP contribution in [0.3, 0.4) is 0 Å². The van der Waals surface area contributed by atoms with Crippen molar-refractivity contribution in [3.63, 3.8) is 0 Å². The summed E-state index contributed by atoms with van der Waals surface area (Å²) in [5.74, 6) is 0. The first-order valence-electron chi connectivity index (χ1n) is 7.32. The van der Waals surface area contributed by atoms with E-state index in [0.717, 1.165) is 36.2 Å². The fourth-order valence-corrected chi connectivity index (χ4v) is 2.83. The minimum atomic E-state index is -0.255. The van der Waals surface area contributed by atoms with Gasteiger partial charge in [0.2, 0.25) is 0 Å². The van der Waals surface area contributed by atoms with Gasteiger partial charge in [-0.15, -0.1) is 0 Å². The second kappa shape index (κ2) is 6.00. The van der Waals surface area contributed by atoms with E-state index in [4.69, 9.17) is 4.74 Å². The molecule has 1 heterocycles. The van der Waals surface area contributed by atoms with Crippen molar-refractivity contribution in [2.75, 3.05) is 11.4 Å². The third-order valence-corrected chi connectivity index (χ3v) is 3.84. The summed E-state index contributed by atoms with van der Waals surface area (Å²) in [6.07, 6.45) is 1.75. The molecule has 3 rings (SSSR count). The van der Waals surface area contributed by atoms with Gasteiger partial charge in [0, 0.05) is 6.54 Å². The van der Waals surface area contributed by atoms with E-state index in [9.17, 15) is 4.79 Å². The lowest BCUT2D eigenvalue weighted by Crippen LogP contribution is -2.36. The van der Waals surface area contributed by atoms with Crippen LogP contribution in [0.2, 0.25) is 0 Å². The maximum atomic E-state index is 12.4. The molecule has 1 aliphatic heterocycles. The average Bonchev–Trinajstić information content (AvgIpc) is 2.53. The third kappa shape index (κ3) is 2.92. The molecule has 1 aliphatic rings. The minimum absolute atomic E-state index is 0.255. The third-order valence-electron chi connectivity index (χ3n) is 3.84. The average molecular weight is 281 g/mol. The molecule has 0 aromatic heterocycles. The molecule has 0 saturated carbocycles. The van der Waals surface area contributed by atoms with Crippen LogP contribution in [0.1, 0.15) is 23.1 Å². The molecule has 2 aromatic carbocycles. The van der Waals surface area contributed by atoms with E-state index >= 15 is 0 Å². The lowest BCUT2D eigenvalue weighted by atomic mass is 9.99. The SMILES string of the molecule is Cc1cccc2c1N(C(=O)OCc1ccccc1)CCC2. The topological polar surface area (TPSA) is 29.5 Å². The molecule has 0 bridgehead atoms. The van der Waals surface area contributed by atoms with Gasteiger partial charge in [-0.25, -0.2) is 4.79 Å². The Kier molecular flexibility index (Phi) is 3.91. The molecular formula is C18H19NO2. The number of anilines is 1. The number of benzene rings is 2. The number of hydrogen-bond donors (Lipinski definition) is 0. The van der Waals surface area contributed by atoms with Gasteiger partial charge in [0.05, 0.1) is 5.69 Å². The Morgan fingerprint density at radius 2 is 1.95 bits per heavy atom. The number of nitrogens with zero attached hydrogens (tertiary/aromatic N) is 1. The summed E-state index contributed by atoms with van der Waals surface area (Å²) in [6.45, 7) is 3.09. The molecule has 3 heteroatoms. The van der Waals surface area contributed by atoms with Crippen LogP contribution in [-0.2, 0) is 17.8 Å². The predicted octanol–water partition coefficient (Wildman–Crippen LogP) is 4.08. The van der Waals surface area contributed by atoms with Crippen LogP contribution in [0, 0.1) is 6.92 Å². The molecule has 0 fully saturated rings. The van der Waals surface area contributed by atoms with Crippen molar-refractivity contribution in [3.8, 4) is 0 Å². The van der Waals surface area contributed by atoms with Crippen molar-refractivity contribution in [1.82, 2.24) is 0 Å². The first-order valence-corrected chi connectivity index (χ1v) is 7.32. The molecule has 0 spiro atoms. The van der Waals surface area contributed by atoms with Crippen LogP contribution in [0.4, 0.5) is 10.5 Å². The van der Waals surface area contributed by atoms with Crippen LogP contribution in [0.25, 0.3) is 0 Å². The number of aryl methyl sites for hydroxylation is 2. The van der Waals surface area contributed by atoms with Crippen LogP contribution < -0.4 is 4.90 Å². The van der Waals surface area contributed by atoms with Crippen molar-refractivity contribution in [2.24, 2.45) is 0 Å². The Labute approximate surface area is 125 Å². The maximum Gasteiger partial charge on any atom is 0.414 e. The van der Waals surface area contributed by atoms with Gasteiger partial charge < -0.3 is 4.74 Å². The Morgan fingerprint density at radius 1 is 1.14 bits per heavy atom. The van der Waals surface area contributed by atoms with E-state index in [1.54, 1.807) is 4.90 Å². The van der Waals surface area contributed by atoms with Gasteiger partial charge in [-0.3, -0.25) is 4.90 Å². The van der Waals surface area contributed by atoms with Gasteiger partial charge in [0.25, 0.3) is 0 Å². The maximum absolute atomic E-state index is 12.4. The number of rotatable bonds is 2. The Hall–Kier alpha value is -2.29. The van der Waals surface area contributed by atoms with E-state index < -0.39 is 0 Å². The highest BCUT2D eigenvalue weighted by molar-refractivity contribution is 5.90. The highest BCUT2D eigenvalue weighted by atomic mass is 16.6. The first kappa shape index (κ1) is 13.7. The molecule has 0 aliphatic carbocycles. The number of para-hydroxylation sites is 1. The molecule has 0 N–H and O–H groups in total. The molecule has 21 heavy (non-hydrogen) atoms. The molecule has 2 aromatic rings. The standard InChI is InChI=1S/C18H19NO2/c1-14-7-5-10-16-11-6-12-19(17(14)16)18(20)21-13-15-8-3-2-4-9-15/h2-5,7-10H,6,11-13H2,1H3. The molecular weight excluding hydrogens is 262 g/mol. The van der Waals surface area contributed by atoms with E-state index in [1.807, 2.05) is 49.4 Å². The molecule has 0 saturated heterocycles. The molecule has 0 atom stereocenters. The fraction of sp³-hybridized carbons (Fsp3) is 0.278. The smallest absolute Gasteiger partial charge is 0.414 e. The zero-order chi connectivity index (χ0) is 14.7. The zero-order valence-electron chi connectivity index (χ0n) is 12.2. The fourth-order valence-electron chi connectivity index (χ4n) is 2.83. The molecule has 1 amide bonds. The largest absolute Gasteiger partial charge is 0.444 e. The Balaban J connectivity index is 1.75. The Bertz CT molecular complexity index is 637. The van der Waals surface area contributed by atoms with Gasteiger partial charge >= 0.3 is 6.09 Å². The van der Waals surface area contributed by atoms with Crippen LogP contribution >= 0.6 is 0 Å². The summed E-state index contributed by atoms with van der Waals surface area (Å²) in [6, 6.07) is 16.0. The van der Waals surface area contributed by atoms with Crippen LogP contribution in [-0.4, -0.2) is 12.6 Å². The van der Waals surface area contributed by atoms with E-state index in [1.165, 1.54) is 5.56 Å². The van der Waals surface area contributed by atoms with Gasteiger partial charge in [-0.05, 0) is 36.5 Å². The van der Waals surface area contributed by atoms with E-state index in [0.29, 0.717) is 6.61 Å². The normalized spacial score (nSPS) is 13.7. The number of carbonyl (C=O) groups is 1. The number of ether oxygens (including phenoxy) is 1. The molecule has 3 nitrogen and oxygen atoms in total. The number of hydrogen-bond acceptors (Lipinski definition) is 2. The van der Waals surface area contributed by atoms with Crippen molar-refractivity contribution < 1.29 is 9.53 Å². The van der Waals surface area contributed by atoms with Gasteiger partial charge in [0.1, 0.15) is 6.61 Å². The molecule has 0 radical (unpaired) electrons. The summed E-state index contributed by atoms with van der Waals surface area (Å²) in [5.41, 5.74) is 4.40. The zero-order valence-corrected chi connectivity index (χ0v) is 12.2. The minimum Gasteiger partial charge on any atom is -0.444 e. The number of carbonyl (C=O) groups excluding carboxylic acids is 1. The lowest BCUT2D eigenvalue weighted by Gasteiger charge is -2.30. The van der Waals surface area contributed by atoms with Crippen molar-refractivity contribution >= 4 is 11.8 Å². The second-order valence-corrected chi connectivity index (χ2v) is 5.38. The van der Waals surface area contributed by atoms with Gasteiger partial charge in [0.15, 0.2) is 0 Å². The van der Waals surface area contributed by atoms with Crippen molar-refractivity contribution in [2.45, 2.75) is 26.4 Å². The summed E-state index contributed by atoms with van der Waals surface area (Å²) >= 11 is 0. The highest BCUT2D eigenvalue weighted by Crippen LogP contribution is 2.31. The highest BCUT2D eigenvalue weighted by Gasteiger charge is 2.25. The predicted molar refractivity (Wildman–Crippen MR) is 83.5 cm³/mol. The Morgan fingerprint density at radius 3 is 2.76 bits per heavy atom. The monoisotopic (exact) mass is 281 g/mol. The first-order chi connectivity index (χ1) is 10.3. The summed E-state index contributed by atoms with van der Waals surface area (Å²) in [7, 11) is 0.